The summed E-state index contributed by atoms with van der Waals surface area (Å²) in [5.74, 6) is -0.854. The number of carbonyl (C=O) groups is 1. The van der Waals surface area contributed by atoms with E-state index in [2.05, 4.69) is 5.32 Å². The highest BCUT2D eigenvalue weighted by Crippen LogP contribution is 2.26. The van der Waals surface area contributed by atoms with E-state index in [0.717, 1.165) is 25.7 Å². The van der Waals surface area contributed by atoms with Crippen molar-refractivity contribution in [1.82, 2.24) is 5.32 Å². The quantitative estimate of drug-likeness (QED) is 0.386. The lowest BCUT2D eigenvalue weighted by Crippen LogP contribution is -2.40. The van der Waals surface area contributed by atoms with Crippen LogP contribution in [0, 0.1) is 0 Å². The molecule has 1 aliphatic rings. The highest BCUT2D eigenvalue weighted by molar-refractivity contribution is 5.86. The van der Waals surface area contributed by atoms with Gasteiger partial charge in [-0.3, -0.25) is 0 Å². The van der Waals surface area contributed by atoms with Gasteiger partial charge in [0.05, 0.1) is 5.60 Å². The number of nitrogens with one attached hydrogen (secondary N) is 1. The molecule has 0 unspecified atom stereocenters. The summed E-state index contributed by atoms with van der Waals surface area (Å²) in [4.78, 5) is 10.8. The topological polar surface area (TPSA) is 69.6 Å². The molecule has 0 aromatic rings. The summed E-state index contributed by atoms with van der Waals surface area (Å²) >= 11 is 0. The molecule has 0 spiro atoms. The molecule has 18 heavy (non-hydrogen) atoms. The molecule has 4 nitrogen and oxygen atoms in total. The molecule has 0 aliphatic heterocycles. The second kappa shape index (κ2) is 7.54. The largest absolute Gasteiger partial charge is 0.478 e. The van der Waals surface area contributed by atoms with Gasteiger partial charge in [-0.25, -0.2) is 4.79 Å². The van der Waals surface area contributed by atoms with E-state index in [9.17, 15) is 9.90 Å². The third kappa shape index (κ3) is 5.19. The van der Waals surface area contributed by atoms with Gasteiger partial charge < -0.3 is 15.5 Å². The third-order valence-corrected chi connectivity index (χ3v) is 3.64. The Balaban J connectivity index is 2.33. The zero-order chi connectivity index (χ0) is 13.4. The lowest BCUT2D eigenvalue weighted by atomic mass is 9.94. The Morgan fingerprint density at radius 3 is 2.39 bits per heavy atom. The van der Waals surface area contributed by atoms with Crippen molar-refractivity contribution in [2.24, 2.45) is 0 Å². The minimum atomic E-state index is -0.854. The molecule has 1 fully saturated rings. The summed E-state index contributed by atoms with van der Waals surface area (Å²) < 4.78 is 0. The molecule has 0 aromatic carbocycles. The summed E-state index contributed by atoms with van der Waals surface area (Å²) in [5.41, 5.74) is -0.171. The Bertz CT molecular complexity index is 291. The van der Waals surface area contributed by atoms with Crippen molar-refractivity contribution in [3.8, 4) is 0 Å². The van der Waals surface area contributed by atoms with Gasteiger partial charge in [0.25, 0.3) is 0 Å². The van der Waals surface area contributed by atoms with E-state index in [-0.39, 0.29) is 0 Å². The van der Waals surface area contributed by atoms with Gasteiger partial charge >= 0.3 is 5.97 Å². The number of aliphatic carboxylic acids is 1. The van der Waals surface area contributed by atoms with Crippen LogP contribution in [0.25, 0.3) is 0 Å². The third-order valence-electron chi connectivity index (χ3n) is 3.64. The maximum absolute atomic E-state index is 10.8. The Kier molecular flexibility index (Phi) is 6.36. The molecule has 4 heteroatoms. The van der Waals surface area contributed by atoms with E-state index in [1.54, 1.807) is 6.08 Å². The van der Waals surface area contributed by atoms with E-state index in [1.807, 2.05) is 6.92 Å². The molecule has 1 saturated carbocycles. The van der Waals surface area contributed by atoms with Gasteiger partial charge in [-0.2, -0.15) is 0 Å². The summed E-state index contributed by atoms with van der Waals surface area (Å²) in [6.45, 7) is 2.90. The van der Waals surface area contributed by atoms with Crippen LogP contribution in [0.5, 0.6) is 0 Å². The maximum atomic E-state index is 10.8. The van der Waals surface area contributed by atoms with Crippen molar-refractivity contribution in [3.63, 3.8) is 0 Å². The van der Waals surface area contributed by atoms with Crippen LogP contribution in [0.15, 0.2) is 11.6 Å². The number of hydrogen-bond donors (Lipinski definition) is 3. The summed E-state index contributed by atoms with van der Waals surface area (Å²) in [6.07, 6.45) is 8.52. The molecular formula is C14H25NO3. The lowest BCUT2D eigenvalue weighted by molar-refractivity contribution is -0.132. The molecule has 0 heterocycles. The standard InChI is InChI=1S/C14H25NO3/c1-2-12(13(16)17)7-10-15-11-14(18)8-5-3-4-6-9-14/h7,15,18H,2-6,8-11H2,1H3,(H,16,17). The van der Waals surface area contributed by atoms with Crippen LogP contribution in [-0.4, -0.2) is 34.9 Å². The predicted molar refractivity (Wildman–Crippen MR) is 71.5 cm³/mol. The van der Waals surface area contributed by atoms with Crippen molar-refractivity contribution >= 4 is 5.97 Å². The number of aliphatic hydroxyl groups is 1. The Labute approximate surface area is 109 Å². The van der Waals surface area contributed by atoms with Crippen LogP contribution in [0.2, 0.25) is 0 Å². The van der Waals surface area contributed by atoms with Crippen LogP contribution in [-0.2, 0) is 4.79 Å². The SMILES string of the molecule is CCC(=CCNCC1(O)CCCCCC1)C(=O)O. The van der Waals surface area contributed by atoms with Gasteiger partial charge in [-0.1, -0.05) is 38.7 Å². The first kappa shape index (κ1) is 15.2. The zero-order valence-corrected chi connectivity index (χ0v) is 11.2. The molecule has 0 bridgehead atoms. The first-order valence-corrected chi connectivity index (χ1v) is 6.93. The van der Waals surface area contributed by atoms with Crippen LogP contribution >= 0.6 is 0 Å². The first-order chi connectivity index (χ1) is 8.57. The van der Waals surface area contributed by atoms with Gasteiger partial charge in [-0.05, 0) is 19.3 Å². The molecule has 0 aromatic heterocycles. The van der Waals surface area contributed by atoms with Crippen LogP contribution in [0.3, 0.4) is 0 Å². The van der Waals surface area contributed by atoms with Crippen molar-refractivity contribution in [3.05, 3.63) is 11.6 Å². The smallest absolute Gasteiger partial charge is 0.331 e. The van der Waals surface area contributed by atoms with E-state index >= 15 is 0 Å². The van der Waals surface area contributed by atoms with Gasteiger partial charge in [0.15, 0.2) is 0 Å². The average molecular weight is 255 g/mol. The monoisotopic (exact) mass is 255 g/mol. The van der Waals surface area contributed by atoms with Gasteiger partial charge in [0.1, 0.15) is 0 Å². The number of hydrogen-bond acceptors (Lipinski definition) is 3. The molecule has 0 amide bonds. The molecular weight excluding hydrogens is 230 g/mol. The van der Waals surface area contributed by atoms with Crippen molar-refractivity contribution < 1.29 is 15.0 Å². The molecule has 1 aliphatic carbocycles. The highest BCUT2D eigenvalue weighted by Gasteiger charge is 2.26. The number of carboxylic acid groups (broad SMARTS) is 1. The van der Waals surface area contributed by atoms with Crippen LogP contribution in [0.1, 0.15) is 51.9 Å². The van der Waals surface area contributed by atoms with E-state index in [4.69, 9.17) is 5.11 Å². The van der Waals surface area contributed by atoms with Crippen LogP contribution < -0.4 is 5.32 Å². The van der Waals surface area contributed by atoms with Gasteiger partial charge in [-0.15, -0.1) is 0 Å². The fourth-order valence-corrected chi connectivity index (χ4v) is 2.45. The number of carboxylic acids is 1. The second-order valence-corrected chi connectivity index (χ2v) is 5.16. The Morgan fingerprint density at radius 1 is 1.28 bits per heavy atom. The predicted octanol–water partition coefficient (Wildman–Crippen LogP) is 2.08. The molecule has 1 rings (SSSR count). The fraction of sp³-hybridized carbons (Fsp3) is 0.786. The molecule has 0 radical (unpaired) electrons. The lowest BCUT2D eigenvalue weighted by Gasteiger charge is -2.26. The van der Waals surface area contributed by atoms with E-state index < -0.39 is 11.6 Å². The van der Waals surface area contributed by atoms with Crippen molar-refractivity contribution in [1.29, 1.82) is 0 Å². The van der Waals surface area contributed by atoms with E-state index in [1.165, 1.54) is 12.8 Å². The first-order valence-electron chi connectivity index (χ1n) is 6.93. The number of rotatable bonds is 6. The van der Waals surface area contributed by atoms with E-state index in [0.29, 0.717) is 25.1 Å². The molecule has 104 valence electrons. The molecule has 3 N–H and O–H groups in total. The summed E-state index contributed by atoms with van der Waals surface area (Å²) in [5, 5.41) is 22.4. The maximum Gasteiger partial charge on any atom is 0.331 e. The molecule has 0 saturated heterocycles. The average Bonchev–Trinajstić information content (AvgIpc) is 2.54. The normalized spacial score (nSPS) is 20.4. The Morgan fingerprint density at radius 2 is 1.89 bits per heavy atom. The molecule has 0 atom stereocenters. The highest BCUT2D eigenvalue weighted by atomic mass is 16.4. The minimum Gasteiger partial charge on any atom is -0.478 e. The van der Waals surface area contributed by atoms with Crippen molar-refractivity contribution in [2.45, 2.75) is 57.5 Å². The summed E-state index contributed by atoms with van der Waals surface area (Å²) in [7, 11) is 0. The second-order valence-electron chi connectivity index (χ2n) is 5.16. The summed E-state index contributed by atoms with van der Waals surface area (Å²) in [6, 6.07) is 0. The fourth-order valence-electron chi connectivity index (χ4n) is 2.45. The van der Waals surface area contributed by atoms with Crippen LogP contribution in [0.4, 0.5) is 0 Å². The Hall–Kier alpha value is -0.870. The van der Waals surface area contributed by atoms with Crippen molar-refractivity contribution in [2.75, 3.05) is 13.1 Å². The van der Waals surface area contributed by atoms with Gasteiger partial charge in [0, 0.05) is 18.7 Å². The zero-order valence-electron chi connectivity index (χ0n) is 11.2. The minimum absolute atomic E-state index is 0.426. The van der Waals surface area contributed by atoms with Gasteiger partial charge in [0.2, 0.25) is 0 Å².